The van der Waals surface area contributed by atoms with Crippen LogP contribution in [0.15, 0.2) is 23.6 Å². The third-order valence-electron chi connectivity index (χ3n) is 0.473. The average molecular weight is 125 g/mol. The lowest BCUT2D eigenvalue weighted by Crippen LogP contribution is -1.55. The van der Waals surface area contributed by atoms with Crippen LogP contribution < -0.4 is 0 Å². The highest BCUT2D eigenvalue weighted by molar-refractivity contribution is 8.06. The molecular weight excluding hydrogens is 118 g/mol. The Bertz CT molecular complexity index is 141. The SMILES string of the molecule is C=C(C)/C=C/SC#N. The van der Waals surface area contributed by atoms with Crippen LogP contribution in [0.1, 0.15) is 6.92 Å². The standard InChI is InChI=1S/C6H7NS/c1-6(2)3-4-8-5-7/h3-4H,1H2,2H3/b4-3+. The zero-order chi connectivity index (χ0) is 6.41. The molecule has 0 heterocycles. The molecule has 0 aliphatic carbocycles. The first-order chi connectivity index (χ1) is 3.77. The molecule has 0 fully saturated rings. The maximum Gasteiger partial charge on any atom is 0.137 e. The van der Waals surface area contributed by atoms with E-state index >= 15 is 0 Å². The molecule has 0 saturated carbocycles. The topological polar surface area (TPSA) is 23.8 Å². The summed E-state index contributed by atoms with van der Waals surface area (Å²) in [6, 6.07) is 0. The second-order valence-corrected chi connectivity index (χ2v) is 2.05. The molecule has 0 amide bonds. The van der Waals surface area contributed by atoms with E-state index in [0.717, 1.165) is 17.3 Å². The summed E-state index contributed by atoms with van der Waals surface area (Å²) < 4.78 is 0. The van der Waals surface area contributed by atoms with Crippen molar-refractivity contribution in [3.05, 3.63) is 23.6 Å². The van der Waals surface area contributed by atoms with E-state index in [9.17, 15) is 0 Å². The Labute approximate surface area is 53.7 Å². The van der Waals surface area contributed by atoms with Gasteiger partial charge in [-0.2, -0.15) is 5.26 Å². The van der Waals surface area contributed by atoms with E-state index in [1.165, 1.54) is 0 Å². The summed E-state index contributed by atoms with van der Waals surface area (Å²) in [4.78, 5) is 0. The number of hydrogen-bond acceptors (Lipinski definition) is 2. The van der Waals surface area contributed by atoms with E-state index in [0.29, 0.717) is 0 Å². The first kappa shape index (κ1) is 7.32. The molecule has 0 aliphatic rings. The smallest absolute Gasteiger partial charge is 0.137 e. The number of nitrogens with zero attached hydrogens (tertiary/aromatic N) is 1. The molecule has 2 heteroatoms. The van der Waals surface area contributed by atoms with Crippen LogP contribution in [-0.2, 0) is 0 Å². The molecule has 0 saturated heterocycles. The van der Waals surface area contributed by atoms with Gasteiger partial charge in [0, 0.05) is 0 Å². The molecule has 8 heavy (non-hydrogen) atoms. The minimum absolute atomic E-state index is 0.966. The fourth-order valence-electron chi connectivity index (χ4n) is 0.181. The van der Waals surface area contributed by atoms with E-state index < -0.39 is 0 Å². The van der Waals surface area contributed by atoms with E-state index in [-0.39, 0.29) is 0 Å². The normalized spacial score (nSPS) is 9.00. The second kappa shape index (κ2) is 4.48. The first-order valence-electron chi connectivity index (χ1n) is 2.14. The molecule has 1 nitrogen and oxygen atoms in total. The third-order valence-corrected chi connectivity index (χ3v) is 0.851. The second-order valence-electron chi connectivity index (χ2n) is 1.36. The summed E-state index contributed by atoms with van der Waals surface area (Å²) in [5, 5.41) is 11.6. The molecule has 0 atom stereocenters. The van der Waals surface area contributed by atoms with Crippen molar-refractivity contribution >= 4 is 11.8 Å². The molecule has 0 rings (SSSR count). The highest BCUT2D eigenvalue weighted by Gasteiger charge is 1.71. The van der Waals surface area contributed by atoms with Crippen LogP contribution in [0.2, 0.25) is 0 Å². The molecule has 0 aromatic heterocycles. The van der Waals surface area contributed by atoms with Gasteiger partial charge in [-0.3, -0.25) is 0 Å². The molecule has 0 N–H and O–H groups in total. The Kier molecular flexibility index (Phi) is 4.10. The van der Waals surface area contributed by atoms with Crippen LogP contribution in [0.4, 0.5) is 0 Å². The van der Waals surface area contributed by atoms with E-state index in [2.05, 4.69) is 6.58 Å². The molecular formula is C6H7NS. The Morgan fingerprint density at radius 2 is 2.50 bits per heavy atom. The van der Waals surface area contributed by atoms with Gasteiger partial charge in [-0.15, -0.1) is 0 Å². The van der Waals surface area contributed by atoms with E-state index in [4.69, 9.17) is 5.26 Å². The van der Waals surface area contributed by atoms with Crippen molar-refractivity contribution in [1.29, 1.82) is 5.26 Å². The van der Waals surface area contributed by atoms with Gasteiger partial charge in [0.2, 0.25) is 0 Å². The molecule has 0 aromatic rings. The quantitative estimate of drug-likeness (QED) is 0.417. The summed E-state index contributed by atoms with van der Waals surface area (Å²) in [5.41, 5.74) is 0.966. The summed E-state index contributed by atoms with van der Waals surface area (Å²) in [6.45, 7) is 5.50. The zero-order valence-electron chi connectivity index (χ0n) is 4.72. The largest absolute Gasteiger partial charge is 0.185 e. The minimum Gasteiger partial charge on any atom is -0.185 e. The van der Waals surface area contributed by atoms with Crippen molar-refractivity contribution in [2.75, 3.05) is 0 Å². The number of thiocyanates is 1. The number of nitriles is 1. The molecule has 42 valence electrons. The van der Waals surface area contributed by atoms with Gasteiger partial charge < -0.3 is 0 Å². The third kappa shape index (κ3) is 5.32. The van der Waals surface area contributed by atoms with Gasteiger partial charge in [-0.1, -0.05) is 18.2 Å². The number of allylic oxidation sites excluding steroid dienone is 2. The summed E-state index contributed by atoms with van der Waals surface area (Å²) >= 11 is 1.10. The van der Waals surface area contributed by atoms with Crippen LogP contribution in [0.3, 0.4) is 0 Å². The van der Waals surface area contributed by atoms with Gasteiger partial charge in [-0.25, -0.2) is 0 Å². The van der Waals surface area contributed by atoms with Crippen molar-refractivity contribution in [2.45, 2.75) is 6.92 Å². The average Bonchev–Trinajstić information content (AvgIpc) is 1.66. The van der Waals surface area contributed by atoms with Gasteiger partial charge >= 0.3 is 0 Å². The van der Waals surface area contributed by atoms with Crippen molar-refractivity contribution < 1.29 is 0 Å². The number of rotatable bonds is 2. The Morgan fingerprint density at radius 1 is 1.88 bits per heavy atom. The van der Waals surface area contributed by atoms with Gasteiger partial charge in [0.1, 0.15) is 5.40 Å². The van der Waals surface area contributed by atoms with Crippen molar-refractivity contribution in [3.63, 3.8) is 0 Å². The lowest BCUT2D eigenvalue weighted by molar-refractivity contribution is 1.57. The molecule has 0 unspecified atom stereocenters. The van der Waals surface area contributed by atoms with Gasteiger partial charge in [0.25, 0.3) is 0 Å². The van der Waals surface area contributed by atoms with Crippen molar-refractivity contribution in [1.82, 2.24) is 0 Å². The van der Waals surface area contributed by atoms with Gasteiger partial charge in [-0.05, 0) is 24.1 Å². The van der Waals surface area contributed by atoms with Crippen LogP contribution in [-0.4, -0.2) is 0 Å². The summed E-state index contributed by atoms with van der Waals surface area (Å²) in [5.74, 6) is 0. The van der Waals surface area contributed by atoms with Crippen LogP contribution in [0.25, 0.3) is 0 Å². The van der Waals surface area contributed by atoms with E-state index in [1.54, 1.807) is 11.5 Å². The highest BCUT2D eigenvalue weighted by Crippen LogP contribution is 2.00. The van der Waals surface area contributed by atoms with Crippen LogP contribution in [0, 0.1) is 10.7 Å². The lowest BCUT2D eigenvalue weighted by atomic mass is 10.4. The zero-order valence-corrected chi connectivity index (χ0v) is 5.53. The van der Waals surface area contributed by atoms with Crippen molar-refractivity contribution in [2.24, 2.45) is 0 Å². The van der Waals surface area contributed by atoms with Crippen molar-refractivity contribution in [3.8, 4) is 5.40 Å². The first-order valence-corrected chi connectivity index (χ1v) is 3.02. The number of hydrogen-bond donors (Lipinski definition) is 0. The van der Waals surface area contributed by atoms with Gasteiger partial charge in [0.05, 0.1) is 0 Å². The van der Waals surface area contributed by atoms with Crippen LogP contribution in [0.5, 0.6) is 0 Å². The Hall–Kier alpha value is -0.680. The predicted molar refractivity (Wildman–Crippen MR) is 37.2 cm³/mol. The van der Waals surface area contributed by atoms with E-state index in [1.807, 2.05) is 12.3 Å². The summed E-state index contributed by atoms with van der Waals surface area (Å²) in [7, 11) is 0. The molecule has 0 aromatic carbocycles. The maximum absolute atomic E-state index is 8.01. The van der Waals surface area contributed by atoms with Gasteiger partial charge in [0.15, 0.2) is 0 Å². The minimum atomic E-state index is 0.966. The fourth-order valence-corrected chi connectivity index (χ4v) is 0.542. The molecule has 0 bridgehead atoms. The van der Waals surface area contributed by atoms with Crippen LogP contribution >= 0.6 is 11.8 Å². The summed E-state index contributed by atoms with van der Waals surface area (Å²) in [6.07, 6.45) is 1.80. The molecule has 0 radical (unpaired) electrons. The molecule has 0 spiro atoms. The fraction of sp³-hybridized carbons (Fsp3) is 0.167. The molecule has 0 aliphatic heterocycles. The Morgan fingerprint density at radius 3 is 2.88 bits per heavy atom. The Balaban J connectivity index is 3.38. The predicted octanol–water partition coefficient (Wildman–Crippen LogP) is 2.29. The monoisotopic (exact) mass is 125 g/mol. The number of thioether (sulfide) groups is 1. The maximum atomic E-state index is 8.01. The highest BCUT2D eigenvalue weighted by atomic mass is 32.2. The lowest BCUT2D eigenvalue weighted by Gasteiger charge is -1.78.